The third kappa shape index (κ3) is 3.30. The first-order valence-electron chi connectivity index (χ1n) is 7.30. The molecule has 0 unspecified atom stereocenters. The first kappa shape index (κ1) is 16.2. The van der Waals surface area contributed by atoms with Crippen LogP contribution < -0.4 is 0 Å². The Kier molecular flexibility index (Phi) is 4.34. The van der Waals surface area contributed by atoms with E-state index in [0.717, 1.165) is 36.4 Å². The maximum Gasteiger partial charge on any atom is 0.185 e. The van der Waals surface area contributed by atoms with Gasteiger partial charge in [0.1, 0.15) is 23.3 Å². The van der Waals surface area contributed by atoms with Crippen LogP contribution in [0, 0.1) is 23.3 Å². The van der Waals surface area contributed by atoms with E-state index in [1.165, 1.54) is 12.2 Å². The van der Waals surface area contributed by atoms with Crippen molar-refractivity contribution in [3.8, 4) is 0 Å². The summed E-state index contributed by atoms with van der Waals surface area (Å²) in [5, 5.41) is 0. The number of hydrogen-bond acceptors (Lipinski definition) is 1. The third-order valence-electron chi connectivity index (χ3n) is 3.82. The summed E-state index contributed by atoms with van der Waals surface area (Å²) in [4.78, 5) is 12.3. The minimum atomic E-state index is -0.634. The molecule has 5 heteroatoms. The summed E-state index contributed by atoms with van der Waals surface area (Å²) in [6.45, 7) is 0. The predicted octanol–water partition coefficient (Wildman–Crippen LogP) is 5.07. The predicted molar refractivity (Wildman–Crippen MR) is 82.9 cm³/mol. The van der Waals surface area contributed by atoms with Gasteiger partial charge in [-0.25, -0.2) is 17.6 Å². The van der Waals surface area contributed by atoms with Crippen LogP contribution in [0.4, 0.5) is 17.6 Å². The highest BCUT2D eigenvalue weighted by Gasteiger charge is 2.24. The normalized spacial score (nSPS) is 17.9. The maximum absolute atomic E-state index is 13.7. The fourth-order valence-corrected chi connectivity index (χ4v) is 2.60. The topological polar surface area (TPSA) is 17.1 Å². The van der Waals surface area contributed by atoms with Gasteiger partial charge in [0.05, 0.1) is 0 Å². The molecule has 1 fully saturated rings. The van der Waals surface area contributed by atoms with Crippen LogP contribution in [0.3, 0.4) is 0 Å². The van der Waals surface area contributed by atoms with Crippen molar-refractivity contribution in [3.05, 3.63) is 81.9 Å². The second-order valence-electron chi connectivity index (χ2n) is 5.50. The van der Waals surface area contributed by atoms with E-state index in [9.17, 15) is 22.4 Å². The fraction of sp³-hybridized carbons (Fsp3) is 0.105. The smallest absolute Gasteiger partial charge is 0.185 e. The van der Waals surface area contributed by atoms with Crippen LogP contribution in [0.25, 0.3) is 12.2 Å². The Morgan fingerprint density at radius 2 is 1.12 bits per heavy atom. The summed E-state index contributed by atoms with van der Waals surface area (Å²) in [5.41, 5.74) is 0.582. The molecule has 1 aliphatic carbocycles. The third-order valence-corrected chi connectivity index (χ3v) is 3.82. The molecule has 1 aliphatic rings. The van der Waals surface area contributed by atoms with Crippen molar-refractivity contribution < 1.29 is 22.4 Å². The number of benzene rings is 2. The van der Waals surface area contributed by atoms with E-state index in [4.69, 9.17) is 0 Å². The monoisotopic (exact) mass is 332 g/mol. The van der Waals surface area contributed by atoms with E-state index in [1.54, 1.807) is 0 Å². The van der Waals surface area contributed by atoms with Crippen LogP contribution in [0.2, 0.25) is 0 Å². The quantitative estimate of drug-likeness (QED) is 0.554. The molecule has 0 bridgehead atoms. The number of Topliss-reactive ketones (excluding diaryl/α,β-unsaturated/α-hetero) is 1. The molecule has 24 heavy (non-hydrogen) atoms. The number of hydrogen-bond donors (Lipinski definition) is 0. The molecule has 0 aliphatic heterocycles. The van der Waals surface area contributed by atoms with Gasteiger partial charge in [-0.1, -0.05) is 0 Å². The number of carbonyl (C=O) groups excluding carboxylic acids is 1. The highest BCUT2D eigenvalue weighted by Crippen LogP contribution is 2.30. The minimum Gasteiger partial charge on any atom is -0.289 e. The Bertz CT molecular complexity index is 809. The van der Waals surface area contributed by atoms with E-state index in [-0.39, 0.29) is 16.9 Å². The molecule has 2 aromatic carbocycles. The summed E-state index contributed by atoms with van der Waals surface area (Å²) in [7, 11) is 0. The van der Waals surface area contributed by atoms with E-state index in [0.29, 0.717) is 24.0 Å². The largest absolute Gasteiger partial charge is 0.289 e. The first-order valence-corrected chi connectivity index (χ1v) is 7.30. The van der Waals surface area contributed by atoms with Crippen LogP contribution in [0.1, 0.15) is 24.0 Å². The van der Waals surface area contributed by atoms with Crippen LogP contribution in [-0.2, 0) is 4.79 Å². The van der Waals surface area contributed by atoms with Crippen LogP contribution in [-0.4, -0.2) is 5.78 Å². The van der Waals surface area contributed by atoms with E-state index >= 15 is 0 Å². The lowest BCUT2D eigenvalue weighted by Crippen LogP contribution is -1.97. The molecule has 0 N–H and O–H groups in total. The molecular weight excluding hydrogens is 320 g/mol. The van der Waals surface area contributed by atoms with Gasteiger partial charge in [-0.15, -0.1) is 0 Å². The number of carbonyl (C=O) groups is 1. The van der Waals surface area contributed by atoms with Crippen molar-refractivity contribution in [2.45, 2.75) is 12.8 Å². The fourth-order valence-electron chi connectivity index (χ4n) is 2.60. The zero-order chi connectivity index (χ0) is 17.3. The van der Waals surface area contributed by atoms with Gasteiger partial charge < -0.3 is 0 Å². The Hall–Kier alpha value is -2.69. The van der Waals surface area contributed by atoms with Gasteiger partial charge in [0, 0.05) is 22.3 Å². The molecule has 0 heterocycles. The lowest BCUT2D eigenvalue weighted by atomic mass is 10.1. The van der Waals surface area contributed by atoms with Crippen molar-refractivity contribution >= 4 is 17.9 Å². The van der Waals surface area contributed by atoms with Crippen molar-refractivity contribution in [2.75, 3.05) is 0 Å². The van der Waals surface area contributed by atoms with Gasteiger partial charge in [0.25, 0.3) is 0 Å². The van der Waals surface area contributed by atoms with Crippen molar-refractivity contribution in [1.82, 2.24) is 0 Å². The summed E-state index contributed by atoms with van der Waals surface area (Å²) < 4.78 is 53.7. The van der Waals surface area contributed by atoms with Crippen LogP contribution in [0.15, 0.2) is 47.5 Å². The van der Waals surface area contributed by atoms with Crippen molar-refractivity contribution in [1.29, 1.82) is 0 Å². The SMILES string of the molecule is O=C1/C(=C/c2cc(F)ccc2F)CC/C1=C\c1cc(F)ccc1F. The number of halogens is 4. The first-order chi connectivity index (χ1) is 11.4. The van der Waals surface area contributed by atoms with Gasteiger partial charge in [0.2, 0.25) is 0 Å². The average Bonchev–Trinajstić information content (AvgIpc) is 2.88. The van der Waals surface area contributed by atoms with Gasteiger partial charge in [-0.3, -0.25) is 4.79 Å². The molecule has 1 saturated carbocycles. The highest BCUT2D eigenvalue weighted by atomic mass is 19.1. The molecule has 122 valence electrons. The second kappa shape index (κ2) is 6.43. The van der Waals surface area contributed by atoms with Crippen LogP contribution in [0.5, 0.6) is 0 Å². The molecule has 2 aromatic rings. The second-order valence-corrected chi connectivity index (χ2v) is 5.50. The lowest BCUT2D eigenvalue weighted by Gasteiger charge is -2.00. The Labute approximate surface area is 135 Å². The van der Waals surface area contributed by atoms with E-state index < -0.39 is 23.3 Å². The molecular formula is C19H12F4O. The number of ketones is 1. The Morgan fingerprint density at radius 3 is 1.54 bits per heavy atom. The molecule has 0 atom stereocenters. The van der Waals surface area contributed by atoms with Gasteiger partial charge >= 0.3 is 0 Å². The van der Waals surface area contributed by atoms with E-state index in [2.05, 4.69) is 0 Å². The van der Waals surface area contributed by atoms with Gasteiger partial charge in [0.15, 0.2) is 5.78 Å². The average molecular weight is 332 g/mol. The molecule has 0 aromatic heterocycles. The summed E-state index contributed by atoms with van der Waals surface area (Å²) >= 11 is 0. The standard InChI is InChI=1S/C19H12F4O/c20-15-3-5-17(22)13(9-15)7-11-1-2-12(19(11)24)8-14-10-16(21)4-6-18(14)23/h3-10H,1-2H2/b11-7+,12-8+. The molecule has 0 amide bonds. The highest BCUT2D eigenvalue weighted by molar-refractivity contribution is 6.15. The van der Waals surface area contributed by atoms with Gasteiger partial charge in [-0.05, 0) is 61.4 Å². The number of allylic oxidation sites excluding steroid dienone is 2. The van der Waals surface area contributed by atoms with Crippen molar-refractivity contribution in [2.24, 2.45) is 0 Å². The molecule has 0 radical (unpaired) electrons. The molecule has 0 saturated heterocycles. The maximum atomic E-state index is 13.7. The zero-order valence-corrected chi connectivity index (χ0v) is 12.5. The molecule has 0 spiro atoms. The lowest BCUT2D eigenvalue weighted by molar-refractivity contribution is -0.111. The summed E-state index contributed by atoms with van der Waals surface area (Å²) in [6, 6.07) is 5.96. The molecule has 1 nitrogen and oxygen atoms in total. The summed E-state index contributed by atoms with van der Waals surface area (Å²) in [6.07, 6.45) is 3.25. The van der Waals surface area contributed by atoms with Crippen molar-refractivity contribution in [3.63, 3.8) is 0 Å². The van der Waals surface area contributed by atoms with Gasteiger partial charge in [-0.2, -0.15) is 0 Å². The Balaban J connectivity index is 1.92. The molecule has 3 rings (SSSR count). The van der Waals surface area contributed by atoms with Crippen LogP contribution >= 0.6 is 0 Å². The van der Waals surface area contributed by atoms with E-state index in [1.807, 2.05) is 0 Å². The zero-order valence-electron chi connectivity index (χ0n) is 12.5. The minimum absolute atomic E-state index is 0.0171. The summed E-state index contributed by atoms with van der Waals surface area (Å²) in [5.74, 6) is -2.85. The number of rotatable bonds is 2. The Morgan fingerprint density at radius 1 is 0.708 bits per heavy atom.